The second-order valence-corrected chi connectivity index (χ2v) is 8.89. The van der Waals surface area contributed by atoms with Gasteiger partial charge in [-0.05, 0) is 36.8 Å². The second-order valence-electron chi connectivity index (χ2n) is 7.95. The first-order valence-electron chi connectivity index (χ1n) is 10.7. The molecule has 1 atom stereocenters. The molecule has 0 aliphatic carbocycles. The Balaban J connectivity index is 1.36. The average molecular weight is 455 g/mol. The number of carbonyl (C=O) groups excluding carboxylic acids is 2. The van der Waals surface area contributed by atoms with Crippen molar-refractivity contribution in [1.82, 2.24) is 4.90 Å². The van der Waals surface area contributed by atoms with Gasteiger partial charge in [-0.1, -0.05) is 71.9 Å². The van der Waals surface area contributed by atoms with Crippen molar-refractivity contribution in [3.05, 3.63) is 95.6 Å². The van der Waals surface area contributed by atoms with Crippen LogP contribution in [-0.4, -0.2) is 39.5 Å². The zero-order chi connectivity index (χ0) is 22.8. The molecule has 0 radical (unpaired) electrons. The van der Waals surface area contributed by atoms with Crippen LogP contribution in [0.2, 0.25) is 0 Å². The Morgan fingerprint density at radius 3 is 2.52 bits per heavy atom. The summed E-state index contributed by atoms with van der Waals surface area (Å²) in [5.41, 5.74) is 4.50. The van der Waals surface area contributed by atoms with Gasteiger partial charge in [0.1, 0.15) is 11.9 Å². The molecule has 2 amide bonds. The minimum absolute atomic E-state index is 0.117. The maximum atomic E-state index is 13.3. The number of hydrogen-bond donors (Lipinski definition) is 1. The lowest BCUT2D eigenvalue weighted by molar-refractivity contribution is -0.124. The SMILES string of the molecule is Cc1ccc(NC(=O)CSC2=Nc3ccccc3C3=NC(Cc4ccccc4)C(=O)N23)cc1. The number of nitrogens with one attached hydrogen (secondary N) is 1. The number of aliphatic imine (C=N–C) groups is 2. The normalized spacial score (nSPS) is 16.6. The van der Waals surface area contributed by atoms with E-state index in [0.29, 0.717) is 17.4 Å². The molecule has 164 valence electrons. The molecule has 6 nitrogen and oxygen atoms in total. The number of carbonyl (C=O) groups is 2. The summed E-state index contributed by atoms with van der Waals surface area (Å²) in [6.45, 7) is 2.00. The van der Waals surface area contributed by atoms with Crippen LogP contribution in [0, 0.1) is 6.92 Å². The van der Waals surface area contributed by atoms with Crippen molar-refractivity contribution in [2.24, 2.45) is 9.98 Å². The molecule has 0 bridgehead atoms. The van der Waals surface area contributed by atoms with E-state index in [-0.39, 0.29) is 17.6 Å². The van der Waals surface area contributed by atoms with E-state index in [0.717, 1.165) is 28.1 Å². The van der Waals surface area contributed by atoms with Crippen molar-refractivity contribution in [2.45, 2.75) is 19.4 Å². The van der Waals surface area contributed by atoms with Crippen molar-refractivity contribution in [3.63, 3.8) is 0 Å². The first-order chi connectivity index (χ1) is 16.1. The Morgan fingerprint density at radius 1 is 1.00 bits per heavy atom. The van der Waals surface area contributed by atoms with Gasteiger partial charge in [0.25, 0.3) is 5.91 Å². The van der Waals surface area contributed by atoms with Gasteiger partial charge in [-0.2, -0.15) is 0 Å². The van der Waals surface area contributed by atoms with Crippen molar-refractivity contribution in [2.75, 3.05) is 11.1 Å². The fourth-order valence-corrected chi connectivity index (χ4v) is 4.63. The quantitative estimate of drug-likeness (QED) is 0.614. The van der Waals surface area contributed by atoms with Gasteiger partial charge < -0.3 is 5.32 Å². The van der Waals surface area contributed by atoms with Gasteiger partial charge in [-0.15, -0.1) is 0 Å². The molecule has 1 N–H and O–H groups in total. The molecule has 5 rings (SSSR count). The van der Waals surface area contributed by atoms with Crippen LogP contribution in [-0.2, 0) is 16.0 Å². The Morgan fingerprint density at radius 2 is 1.73 bits per heavy atom. The molecule has 3 aromatic rings. The van der Waals surface area contributed by atoms with E-state index in [1.54, 1.807) is 4.90 Å². The summed E-state index contributed by atoms with van der Waals surface area (Å²) >= 11 is 1.24. The Kier molecular flexibility index (Phi) is 5.79. The summed E-state index contributed by atoms with van der Waals surface area (Å²) < 4.78 is 0. The van der Waals surface area contributed by atoms with Gasteiger partial charge in [0, 0.05) is 17.7 Å². The molecule has 3 aromatic carbocycles. The van der Waals surface area contributed by atoms with Gasteiger partial charge in [0.15, 0.2) is 5.17 Å². The van der Waals surface area contributed by atoms with Crippen molar-refractivity contribution < 1.29 is 9.59 Å². The van der Waals surface area contributed by atoms with Gasteiger partial charge in [-0.3, -0.25) is 14.6 Å². The fourth-order valence-electron chi connectivity index (χ4n) is 3.83. The van der Waals surface area contributed by atoms with E-state index >= 15 is 0 Å². The summed E-state index contributed by atoms with van der Waals surface area (Å²) in [7, 11) is 0. The molecule has 0 saturated carbocycles. The van der Waals surface area contributed by atoms with Crippen LogP contribution >= 0.6 is 11.8 Å². The topological polar surface area (TPSA) is 74.1 Å². The number of aryl methyl sites for hydroxylation is 1. The minimum atomic E-state index is -0.513. The Hall–Kier alpha value is -3.71. The Labute approximate surface area is 196 Å². The van der Waals surface area contributed by atoms with Crippen molar-refractivity contribution >= 4 is 46.0 Å². The fraction of sp³-hybridized carbons (Fsp3) is 0.154. The number of nitrogens with zero attached hydrogens (tertiary/aromatic N) is 3. The predicted molar refractivity (Wildman–Crippen MR) is 133 cm³/mol. The summed E-state index contributed by atoms with van der Waals surface area (Å²) in [6.07, 6.45) is 0.522. The Bertz CT molecular complexity index is 1270. The molecular formula is C26H22N4O2S. The second kappa shape index (κ2) is 9.03. The van der Waals surface area contributed by atoms with Gasteiger partial charge in [0.05, 0.1) is 11.4 Å². The number of amidine groups is 2. The first kappa shape index (κ1) is 21.2. The number of amides is 2. The molecule has 0 spiro atoms. The van der Waals surface area contributed by atoms with Crippen LogP contribution in [0.3, 0.4) is 0 Å². The molecule has 0 saturated heterocycles. The highest BCUT2D eigenvalue weighted by atomic mass is 32.2. The highest BCUT2D eigenvalue weighted by Gasteiger charge is 2.41. The molecule has 0 aromatic heterocycles. The molecular weight excluding hydrogens is 432 g/mol. The molecule has 2 aliphatic heterocycles. The van der Waals surface area contributed by atoms with E-state index in [2.05, 4.69) is 5.32 Å². The third-order valence-electron chi connectivity index (χ3n) is 5.49. The van der Waals surface area contributed by atoms with Crippen molar-refractivity contribution in [3.8, 4) is 0 Å². The maximum absolute atomic E-state index is 13.3. The largest absolute Gasteiger partial charge is 0.325 e. The third-order valence-corrected chi connectivity index (χ3v) is 6.43. The van der Waals surface area contributed by atoms with Crippen LogP contribution in [0.25, 0.3) is 0 Å². The van der Waals surface area contributed by atoms with E-state index in [1.807, 2.05) is 85.8 Å². The van der Waals surface area contributed by atoms with Crippen LogP contribution in [0.5, 0.6) is 0 Å². The predicted octanol–water partition coefficient (Wildman–Crippen LogP) is 4.57. The van der Waals surface area contributed by atoms with Crippen LogP contribution < -0.4 is 5.32 Å². The lowest BCUT2D eigenvalue weighted by Crippen LogP contribution is -2.41. The smallest absolute Gasteiger partial charge is 0.259 e. The number of anilines is 1. The molecule has 0 fully saturated rings. The highest BCUT2D eigenvalue weighted by Crippen LogP contribution is 2.34. The van der Waals surface area contributed by atoms with Gasteiger partial charge >= 0.3 is 0 Å². The van der Waals surface area contributed by atoms with E-state index in [1.165, 1.54) is 11.8 Å². The van der Waals surface area contributed by atoms with Gasteiger partial charge in [-0.25, -0.2) is 9.89 Å². The van der Waals surface area contributed by atoms with Crippen LogP contribution in [0.1, 0.15) is 16.7 Å². The molecule has 33 heavy (non-hydrogen) atoms. The number of benzene rings is 3. The van der Waals surface area contributed by atoms with Crippen LogP contribution in [0.4, 0.5) is 11.4 Å². The number of rotatable bonds is 5. The standard InChI is InChI=1S/C26H22N4O2S/c1-17-11-13-19(14-12-17)27-23(31)16-33-26-29-21-10-6-5-9-20(21)24-28-22(25(32)30(24)26)15-18-7-3-2-4-8-18/h2-14,22H,15-16H2,1H3,(H,27,31). The number of fused-ring (bicyclic) bond motifs is 3. The van der Waals surface area contributed by atoms with E-state index in [9.17, 15) is 9.59 Å². The molecule has 2 aliphatic rings. The monoisotopic (exact) mass is 454 g/mol. The minimum Gasteiger partial charge on any atom is -0.325 e. The summed E-state index contributed by atoms with van der Waals surface area (Å²) in [6, 6.07) is 24.6. The number of hydrogen-bond acceptors (Lipinski definition) is 5. The first-order valence-corrected chi connectivity index (χ1v) is 11.7. The van der Waals surface area contributed by atoms with Crippen molar-refractivity contribution in [1.29, 1.82) is 0 Å². The van der Waals surface area contributed by atoms with E-state index in [4.69, 9.17) is 9.98 Å². The molecule has 2 heterocycles. The zero-order valence-electron chi connectivity index (χ0n) is 18.1. The zero-order valence-corrected chi connectivity index (χ0v) is 18.9. The summed E-state index contributed by atoms with van der Waals surface area (Å²) in [4.78, 5) is 36.9. The molecule has 1 unspecified atom stereocenters. The lowest BCUT2D eigenvalue weighted by atomic mass is 10.1. The van der Waals surface area contributed by atoms with Gasteiger partial charge in [0.2, 0.25) is 5.91 Å². The number of para-hydroxylation sites is 1. The highest BCUT2D eigenvalue weighted by molar-refractivity contribution is 8.14. The molecule has 7 heteroatoms. The van der Waals surface area contributed by atoms with Crippen LogP contribution in [0.15, 0.2) is 88.8 Å². The third kappa shape index (κ3) is 4.45. The lowest BCUT2D eigenvalue weighted by Gasteiger charge is -2.25. The maximum Gasteiger partial charge on any atom is 0.259 e. The number of thioether (sulfide) groups is 1. The summed E-state index contributed by atoms with van der Waals surface area (Å²) in [5, 5.41) is 3.37. The average Bonchev–Trinajstić information content (AvgIpc) is 3.16. The summed E-state index contributed by atoms with van der Waals surface area (Å²) in [5.74, 6) is 0.466. The van der Waals surface area contributed by atoms with E-state index < -0.39 is 6.04 Å².